The number of allylic oxidation sites excluding steroid dienone is 1. The minimum atomic E-state index is -0.460. The van der Waals surface area contributed by atoms with Crippen molar-refractivity contribution in [3.63, 3.8) is 0 Å². The maximum absolute atomic E-state index is 13.3. The lowest BCUT2D eigenvalue weighted by Gasteiger charge is -2.16. The van der Waals surface area contributed by atoms with Crippen molar-refractivity contribution in [1.82, 2.24) is 14.9 Å². The van der Waals surface area contributed by atoms with Gasteiger partial charge in [0.15, 0.2) is 0 Å². The topological polar surface area (TPSA) is 59.5 Å². The smallest absolute Gasteiger partial charge is 0.141 e. The third-order valence-corrected chi connectivity index (χ3v) is 5.64. The van der Waals surface area contributed by atoms with Crippen LogP contribution in [-0.2, 0) is 4.74 Å². The van der Waals surface area contributed by atoms with Gasteiger partial charge in [0.05, 0.1) is 23.8 Å². The van der Waals surface area contributed by atoms with Gasteiger partial charge in [-0.3, -0.25) is 0 Å². The number of hydrogen-bond acceptors (Lipinski definition) is 6. The highest BCUT2D eigenvalue weighted by atomic mass is 35.5. The molecule has 1 aliphatic heterocycles. The lowest BCUT2D eigenvalue weighted by molar-refractivity contribution is 0.141. The number of anilines is 2. The van der Waals surface area contributed by atoms with Crippen LogP contribution in [0.15, 0.2) is 61.5 Å². The molecule has 2 aromatic carbocycles. The van der Waals surface area contributed by atoms with Gasteiger partial charge in [0.25, 0.3) is 0 Å². The molecule has 0 spiro atoms. The van der Waals surface area contributed by atoms with E-state index in [2.05, 4.69) is 81.2 Å². The predicted octanol–water partition coefficient (Wildman–Crippen LogP) is 10.4. The van der Waals surface area contributed by atoms with Crippen molar-refractivity contribution in [2.45, 2.75) is 81.3 Å². The highest BCUT2D eigenvalue weighted by Crippen LogP contribution is 2.31. The van der Waals surface area contributed by atoms with E-state index >= 15 is 0 Å². The van der Waals surface area contributed by atoms with E-state index in [0.29, 0.717) is 18.1 Å². The van der Waals surface area contributed by atoms with Crippen molar-refractivity contribution in [3.8, 4) is 5.75 Å². The number of nitrogens with zero attached hydrogens (tertiary/aromatic N) is 3. The standard InChI is InChI=1S/C19H17ClFN3O2.C7H15N.C3H8.2C2H6.C2H4/c1-11-6-14-17(8-18(11)26-13-4-5-25-9-13)22-10-23-19(14)24-12-2-3-16(21)15(20)7-12;1-5-7(2)6-8(3)4;1-3-2;3*1-2/h2-3,6-8,10,13H,4-5,9H2,1H3,(H,22,23,24);5H,6H2,1-4H3;3H2,1-2H3;2*1-2H3;1-2H2/b;7-5+;;;;. The minimum absolute atomic E-state index is 0.0546. The summed E-state index contributed by atoms with van der Waals surface area (Å²) < 4.78 is 24.7. The van der Waals surface area contributed by atoms with Crippen molar-refractivity contribution in [3.05, 3.63) is 77.9 Å². The van der Waals surface area contributed by atoms with E-state index in [-0.39, 0.29) is 11.1 Å². The van der Waals surface area contributed by atoms with E-state index in [1.165, 1.54) is 30.5 Å². The normalized spacial score (nSPS) is 13.3. The fraction of sp³-hybridized carbons (Fsp3) is 0.486. The molecule has 1 fully saturated rings. The summed E-state index contributed by atoms with van der Waals surface area (Å²) in [5, 5.41) is 4.07. The molecular formula is C35H56ClFN4O2. The summed E-state index contributed by atoms with van der Waals surface area (Å²) in [4.78, 5) is 10.8. The van der Waals surface area contributed by atoms with Crippen LogP contribution < -0.4 is 10.1 Å². The van der Waals surface area contributed by atoms with Crippen molar-refractivity contribution < 1.29 is 13.9 Å². The Hall–Kier alpha value is -3.00. The van der Waals surface area contributed by atoms with E-state index < -0.39 is 5.82 Å². The average Bonchev–Trinajstić information content (AvgIpc) is 3.52. The first kappa shape index (κ1) is 42.1. The molecule has 2 heterocycles. The fourth-order valence-corrected chi connectivity index (χ4v) is 3.69. The van der Waals surface area contributed by atoms with Crippen LogP contribution >= 0.6 is 11.6 Å². The van der Waals surface area contributed by atoms with Gasteiger partial charge in [-0.2, -0.15) is 0 Å². The molecule has 0 radical (unpaired) electrons. The van der Waals surface area contributed by atoms with Crippen molar-refractivity contribution in [2.24, 2.45) is 0 Å². The Bertz CT molecular complexity index is 1180. The molecule has 0 aliphatic carbocycles. The lowest BCUT2D eigenvalue weighted by atomic mass is 10.1. The number of likely N-dealkylation sites (N-methyl/N-ethyl adjacent to an activating group) is 1. The van der Waals surface area contributed by atoms with E-state index in [4.69, 9.17) is 21.1 Å². The van der Waals surface area contributed by atoms with Crippen LogP contribution in [0.4, 0.5) is 15.9 Å². The quantitative estimate of drug-likeness (QED) is 0.277. The molecule has 1 N–H and O–H groups in total. The van der Waals surface area contributed by atoms with Gasteiger partial charge >= 0.3 is 0 Å². The molecule has 43 heavy (non-hydrogen) atoms. The molecule has 4 rings (SSSR count). The van der Waals surface area contributed by atoms with Crippen LogP contribution in [0.2, 0.25) is 5.02 Å². The van der Waals surface area contributed by atoms with E-state index in [9.17, 15) is 4.39 Å². The molecule has 1 unspecified atom stereocenters. The molecule has 1 saturated heterocycles. The summed E-state index contributed by atoms with van der Waals surface area (Å²) >= 11 is 5.85. The lowest BCUT2D eigenvalue weighted by Crippen LogP contribution is -2.16. The molecule has 0 bridgehead atoms. The maximum atomic E-state index is 13.3. The first-order chi connectivity index (χ1) is 20.7. The van der Waals surface area contributed by atoms with E-state index in [1.807, 2.05) is 46.8 Å². The SMILES string of the molecule is C/C=C(\C)CN(C)C.C=C.CC.CC.CCC.Cc1cc2c(Nc3ccc(F)c(Cl)c3)ncnc2cc1OC1CCOC1. The first-order valence-corrected chi connectivity index (χ1v) is 15.5. The zero-order valence-electron chi connectivity index (χ0n) is 28.5. The van der Waals surface area contributed by atoms with Gasteiger partial charge in [-0.25, -0.2) is 14.4 Å². The third kappa shape index (κ3) is 16.4. The van der Waals surface area contributed by atoms with Crippen LogP contribution in [0, 0.1) is 12.7 Å². The Balaban J connectivity index is 0. The second kappa shape index (κ2) is 25.5. The number of halogens is 2. The second-order valence-electron chi connectivity index (χ2n) is 9.29. The molecule has 1 aromatic heterocycles. The molecule has 0 amide bonds. The van der Waals surface area contributed by atoms with Crippen molar-refractivity contribution in [2.75, 3.05) is 39.2 Å². The maximum Gasteiger partial charge on any atom is 0.141 e. The molecule has 1 atom stereocenters. The summed E-state index contributed by atoms with van der Waals surface area (Å²) in [6.07, 6.45) is 5.83. The number of nitrogens with one attached hydrogen (secondary N) is 1. The number of fused-ring (bicyclic) bond motifs is 1. The number of benzene rings is 2. The molecule has 0 saturated carbocycles. The van der Waals surface area contributed by atoms with E-state index in [0.717, 1.165) is 41.8 Å². The predicted molar refractivity (Wildman–Crippen MR) is 187 cm³/mol. The fourth-order valence-electron chi connectivity index (χ4n) is 3.50. The number of aromatic nitrogens is 2. The molecule has 6 nitrogen and oxygen atoms in total. The van der Waals surface area contributed by atoms with Crippen LogP contribution in [0.5, 0.6) is 5.75 Å². The number of hydrogen-bond donors (Lipinski definition) is 1. The van der Waals surface area contributed by atoms with E-state index in [1.54, 1.807) is 6.07 Å². The Morgan fingerprint density at radius 1 is 1.14 bits per heavy atom. The highest BCUT2D eigenvalue weighted by molar-refractivity contribution is 6.31. The van der Waals surface area contributed by atoms with Crippen LogP contribution in [0.25, 0.3) is 10.9 Å². The van der Waals surface area contributed by atoms with Crippen molar-refractivity contribution in [1.29, 1.82) is 0 Å². The second-order valence-corrected chi connectivity index (χ2v) is 9.70. The van der Waals surface area contributed by atoms with Gasteiger partial charge < -0.3 is 19.7 Å². The van der Waals surface area contributed by atoms with Crippen LogP contribution in [-0.4, -0.2) is 54.8 Å². The number of rotatable bonds is 6. The zero-order valence-corrected chi connectivity index (χ0v) is 29.2. The Labute approximate surface area is 266 Å². The van der Waals surface area contributed by atoms with Gasteiger partial charge in [0.1, 0.15) is 29.8 Å². The summed E-state index contributed by atoms with van der Waals surface area (Å²) in [6.45, 7) is 26.9. The molecule has 242 valence electrons. The highest BCUT2D eigenvalue weighted by Gasteiger charge is 2.19. The molecule has 8 heteroatoms. The first-order valence-electron chi connectivity index (χ1n) is 15.2. The van der Waals surface area contributed by atoms with Gasteiger partial charge in [-0.15, -0.1) is 13.2 Å². The average molecular weight is 619 g/mol. The molecule has 1 aliphatic rings. The summed E-state index contributed by atoms with van der Waals surface area (Å²) in [7, 11) is 4.15. The number of aryl methyl sites for hydroxylation is 1. The Morgan fingerprint density at radius 2 is 1.77 bits per heavy atom. The summed E-state index contributed by atoms with van der Waals surface area (Å²) in [6, 6.07) is 8.34. The third-order valence-electron chi connectivity index (χ3n) is 5.35. The zero-order chi connectivity index (χ0) is 33.4. The number of ether oxygens (including phenoxy) is 2. The van der Waals surface area contributed by atoms with Gasteiger partial charge in [-0.1, -0.05) is 71.2 Å². The van der Waals surface area contributed by atoms with Gasteiger partial charge in [-0.05, 0) is 64.7 Å². The van der Waals surface area contributed by atoms with Crippen LogP contribution in [0.1, 0.15) is 73.8 Å². The Kier molecular flexibility index (Phi) is 25.0. The largest absolute Gasteiger partial charge is 0.488 e. The Morgan fingerprint density at radius 3 is 2.26 bits per heavy atom. The minimum Gasteiger partial charge on any atom is -0.488 e. The van der Waals surface area contributed by atoms with Crippen LogP contribution in [0.3, 0.4) is 0 Å². The molecular weight excluding hydrogens is 563 g/mol. The van der Waals surface area contributed by atoms with Crippen molar-refractivity contribution >= 4 is 34.0 Å². The summed E-state index contributed by atoms with van der Waals surface area (Å²) in [5.74, 6) is 0.956. The molecule has 3 aromatic rings. The summed E-state index contributed by atoms with van der Waals surface area (Å²) in [5.41, 5.74) is 3.82. The monoisotopic (exact) mass is 618 g/mol. The van der Waals surface area contributed by atoms with Gasteiger partial charge in [0.2, 0.25) is 0 Å². The van der Waals surface area contributed by atoms with Gasteiger partial charge in [0, 0.05) is 30.1 Å².